The van der Waals surface area contributed by atoms with Crippen LogP contribution in [0.15, 0.2) is 201 Å². The van der Waals surface area contributed by atoms with Gasteiger partial charge >= 0.3 is 0 Å². The van der Waals surface area contributed by atoms with Crippen LogP contribution in [0.3, 0.4) is 0 Å². The highest BCUT2D eigenvalue weighted by Gasteiger charge is 2.30. The minimum absolute atomic E-state index is 0.140. The van der Waals surface area contributed by atoms with Crippen LogP contribution in [-0.2, 0) is 49.1 Å². The molecule has 1 saturated heterocycles. The van der Waals surface area contributed by atoms with Crippen molar-refractivity contribution in [3.63, 3.8) is 0 Å². The molecule has 10 heteroatoms. The fourth-order valence-corrected chi connectivity index (χ4v) is 10.3. The Kier molecular flexibility index (Phi) is 39.4. The van der Waals surface area contributed by atoms with E-state index >= 15 is 0 Å². The summed E-state index contributed by atoms with van der Waals surface area (Å²) in [6.45, 7) is 82.1. The van der Waals surface area contributed by atoms with Gasteiger partial charge in [0.25, 0.3) is 0 Å². The molecule has 9 aromatic rings. The van der Waals surface area contributed by atoms with Gasteiger partial charge in [-0.05, 0) is 138 Å². The molecular weight excluding hydrogens is 1280 g/mol. The Morgan fingerprint density at radius 2 is 0.942 bits per heavy atom. The summed E-state index contributed by atoms with van der Waals surface area (Å²) in [6, 6.07) is 49.2. The first-order valence-corrected chi connectivity index (χ1v) is 37.6. The zero-order chi connectivity index (χ0) is 78.6. The Bertz CT molecular complexity index is 3450. The molecule has 0 saturated carbocycles. The van der Waals surface area contributed by atoms with Crippen molar-refractivity contribution >= 4 is 27.9 Å². The second kappa shape index (κ2) is 43.5. The molecule has 1 aliphatic rings. The number of nitrogens with zero attached hydrogens (tertiary/aromatic N) is 8. The molecule has 0 atom stereocenters. The highest BCUT2D eigenvalue weighted by molar-refractivity contribution is 7.09. The predicted octanol–water partition coefficient (Wildman–Crippen LogP) is 26.7. The van der Waals surface area contributed by atoms with Gasteiger partial charge in [-0.15, -0.1) is 11.3 Å². The molecule has 0 radical (unpaired) electrons. The van der Waals surface area contributed by atoms with Crippen LogP contribution >= 0.6 is 11.3 Å². The molecule has 6 aromatic heterocycles. The van der Waals surface area contributed by atoms with Crippen molar-refractivity contribution in [2.45, 2.75) is 265 Å². The van der Waals surface area contributed by atoms with Crippen LogP contribution in [0, 0.1) is 35.3 Å². The number of benzene rings is 3. The molecule has 1 aliphatic heterocycles. The van der Waals surface area contributed by atoms with E-state index in [4.69, 9.17) is 17.9 Å². The van der Waals surface area contributed by atoms with Gasteiger partial charge in [0.05, 0.1) is 25.3 Å². The number of hydrogen-bond donors (Lipinski definition) is 0. The average molecular weight is 1410 g/mol. The highest BCUT2D eigenvalue weighted by Crippen LogP contribution is 2.32. The lowest BCUT2D eigenvalue weighted by atomic mass is 9.80. The van der Waals surface area contributed by atoms with Crippen molar-refractivity contribution in [3.8, 4) is 0 Å². The molecule has 3 aromatic carbocycles. The lowest BCUT2D eigenvalue weighted by Crippen LogP contribution is -2.37. The van der Waals surface area contributed by atoms with E-state index < -0.39 is 0 Å². The molecule has 10 rings (SSSR count). The van der Waals surface area contributed by atoms with Gasteiger partial charge in [-0.3, -0.25) is 19.9 Å². The number of rotatable bonds is 3. The Labute approximate surface area is 633 Å². The standard InChI is InChI=1S/C13H15N.C11H13N.C10H14.3C9H13N.C9H14S.C8H12N2.C8H15N.C7H14O/c1-13(2,3)11-8-9-14-12-7-5-4-6-10(11)12;1-11(2,3)9-6-5-7-10(8-9)12-4;1-10(2,3)9-7-5-4-6-8-9;1-9(2,3)8-4-6-10-7-5-8;1-9(2,3)8-5-4-6-10-7-8;1-9(2,3)8-6-4-5-7-10-8;1-9(2,3)7-8-5-4-6-10-8;1-8(2,3)7-4-5-9-6-10-7;1-8(2,3)6-5-7-9-4;1-7(2,3)6-4-8-5-6/h4-9H,1-3H3;5-8H,1-3H3;4-8H,1-3H3;3*4-7H,1-3H3;4-6H,7H2,1-3H3;4-6H,1-3H3;5-7H2,1-3H3;6H,4-5H2,1-3H3. The summed E-state index contributed by atoms with van der Waals surface area (Å²) in [5, 5.41) is 3.41. The summed E-state index contributed by atoms with van der Waals surface area (Å²) in [4.78, 5) is 32.8. The summed E-state index contributed by atoms with van der Waals surface area (Å²) < 4.78 is 5.06. The van der Waals surface area contributed by atoms with Crippen molar-refractivity contribution in [1.29, 1.82) is 0 Å². The first-order valence-electron chi connectivity index (χ1n) is 36.7. The van der Waals surface area contributed by atoms with Crippen LogP contribution in [0.5, 0.6) is 0 Å². The van der Waals surface area contributed by atoms with E-state index in [0.717, 1.165) is 54.6 Å². The molecule has 560 valence electrons. The van der Waals surface area contributed by atoms with Gasteiger partial charge in [0.2, 0.25) is 6.54 Å². The van der Waals surface area contributed by atoms with E-state index in [9.17, 15) is 0 Å². The maximum atomic E-state index is 6.87. The second-order valence-corrected chi connectivity index (χ2v) is 37.9. The number of fused-ring (bicyclic) bond motifs is 1. The minimum Gasteiger partial charge on any atom is -0.381 e. The van der Waals surface area contributed by atoms with E-state index in [1.165, 1.54) is 44.5 Å². The van der Waals surface area contributed by atoms with E-state index in [0.29, 0.717) is 28.2 Å². The predicted molar refractivity (Wildman–Crippen MR) is 448 cm³/mol. The zero-order valence-electron chi connectivity index (χ0n) is 69.8. The molecule has 9 nitrogen and oxygen atoms in total. The van der Waals surface area contributed by atoms with Crippen LogP contribution in [-0.4, -0.2) is 49.7 Å². The largest absolute Gasteiger partial charge is 0.381 e. The number of para-hydroxylation sites is 1. The number of thiophene rings is 1. The molecule has 1 fully saturated rings. The SMILES string of the molecule is CC(C)(C)C1COC1.CC(C)(C)Cc1cccs1.CC(C)(C)c1ccccc1.CC(C)(C)c1ccccn1.CC(C)(C)c1cccnc1.CC(C)(C)c1ccnc2ccccc12.CC(C)(C)c1ccncc1.CC(C)(C)c1ccncn1.[C-]#[N+]CCCC(C)(C)C.[C-]#[N+]c1cccc(C(C)(C)C)c1. The third-order valence-corrected chi connectivity index (χ3v) is 17.0. The quantitative estimate of drug-likeness (QED) is 0.128. The fourth-order valence-electron chi connectivity index (χ4n) is 9.29. The molecule has 0 unspecified atom stereocenters. The summed E-state index contributed by atoms with van der Waals surface area (Å²) in [5.41, 5.74) is 13.4. The van der Waals surface area contributed by atoms with Crippen molar-refractivity contribution in [1.82, 2.24) is 29.9 Å². The number of pyridine rings is 4. The summed E-state index contributed by atoms with van der Waals surface area (Å²) in [5.74, 6) is 0.808. The van der Waals surface area contributed by atoms with Crippen molar-refractivity contribution in [2.24, 2.45) is 22.2 Å². The molecule has 0 N–H and O–H groups in total. The van der Waals surface area contributed by atoms with Gasteiger partial charge < -0.3 is 9.58 Å². The van der Waals surface area contributed by atoms with Gasteiger partial charge in [0.15, 0.2) is 5.69 Å². The Hall–Kier alpha value is -7.76. The molecule has 7 heterocycles. The lowest BCUT2D eigenvalue weighted by Gasteiger charge is -2.37. The minimum atomic E-state index is 0.140. The number of ether oxygens (including phenoxy) is 1. The monoisotopic (exact) mass is 1410 g/mol. The molecule has 0 aliphatic carbocycles. The maximum absolute atomic E-state index is 6.87. The van der Waals surface area contributed by atoms with E-state index in [1.54, 1.807) is 18.7 Å². The van der Waals surface area contributed by atoms with Gasteiger partial charge in [-0.25, -0.2) is 21.4 Å². The van der Waals surface area contributed by atoms with E-state index in [2.05, 4.69) is 350 Å². The van der Waals surface area contributed by atoms with Crippen LogP contribution < -0.4 is 0 Å². The van der Waals surface area contributed by atoms with Crippen LogP contribution in [0.4, 0.5) is 5.69 Å². The molecule has 0 amide bonds. The summed E-state index contributed by atoms with van der Waals surface area (Å²) >= 11 is 1.85. The summed E-state index contributed by atoms with van der Waals surface area (Å²) in [6.07, 6.45) is 17.9. The van der Waals surface area contributed by atoms with Crippen molar-refractivity contribution in [3.05, 3.63) is 268 Å². The average Bonchev–Trinajstić information content (AvgIpc) is 1.03. The van der Waals surface area contributed by atoms with Gasteiger partial charge in [-0.2, -0.15) is 0 Å². The molecule has 103 heavy (non-hydrogen) atoms. The number of hydrogen-bond acceptors (Lipinski definition) is 8. The Morgan fingerprint density at radius 3 is 1.31 bits per heavy atom. The molecule has 0 bridgehead atoms. The lowest BCUT2D eigenvalue weighted by molar-refractivity contribution is -0.0821. The van der Waals surface area contributed by atoms with Gasteiger partial charge in [0.1, 0.15) is 6.33 Å². The zero-order valence-corrected chi connectivity index (χ0v) is 70.6. The third kappa shape index (κ3) is 42.6. The molecule has 0 spiro atoms. The van der Waals surface area contributed by atoms with Crippen LogP contribution in [0.25, 0.3) is 20.6 Å². The molecular formula is C93H136N8OS. The Morgan fingerprint density at radius 1 is 0.417 bits per heavy atom. The van der Waals surface area contributed by atoms with Crippen molar-refractivity contribution in [2.75, 3.05) is 19.8 Å². The first-order chi connectivity index (χ1) is 47.4. The van der Waals surface area contributed by atoms with Gasteiger partial charge in [0, 0.05) is 88.2 Å². The normalized spacial score (nSPS) is 12.3. The summed E-state index contributed by atoms with van der Waals surface area (Å²) in [7, 11) is 0. The van der Waals surface area contributed by atoms with Gasteiger partial charge in [-0.1, -0.05) is 304 Å². The highest BCUT2D eigenvalue weighted by atomic mass is 32.1. The second-order valence-electron chi connectivity index (χ2n) is 36.9. The first kappa shape index (κ1) is 93.3. The van der Waals surface area contributed by atoms with Crippen LogP contribution in [0.2, 0.25) is 0 Å². The van der Waals surface area contributed by atoms with Crippen LogP contribution in [0.1, 0.15) is 265 Å². The maximum Gasteiger partial charge on any atom is 0.214 e. The topological polar surface area (TPSA) is 95.3 Å². The number of aromatic nitrogens is 6. The third-order valence-electron chi connectivity index (χ3n) is 16.1. The smallest absolute Gasteiger partial charge is 0.214 e. The van der Waals surface area contributed by atoms with E-state index in [1.807, 2.05) is 90.9 Å². The van der Waals surface area contributed by atoms with E-state index in [-0.39, 0.29) is 32.5 Å². The fraction of sp³-hybridized carbons (Fsp3) is 0.505. The Balaban J connectivity index is 0.000000574. The van der Waals surface area contributed by atoms with Crippen molar-refractivity contribution < 1.29 is 4.74 Å².